The molecule has 0 radical (unpaired) electrons. The highest BCUT2D eigenvalue weighted by Crippen LogP contribution is 2.47. The maximum absolute atomic E-state index is 12.8. The summed E-state index contributed by atoms with van der Waals surface area (Å²) in [5, 5.41) is 20.3. The lowest BCUT2D eigenvalue weighted by molar-refractivity contribution is -0.147. The van der Waals surface area contributed by atoms with E-state index in [9.17, 15) is 19.8 Å². The molecule has 1 aliphatic rings. The average molecular weight is 414 g/mol. The maximum atomic E-state index is 12.8. The molecule has 2 aromatic carbocycles. The minimum absolute atomic E-state index is 0.0757. The van der Waals surface area contributed by atoms with Crippen molar-refractivity contribution in [1.82, 2.24) is 0 Å². The van der Waals surface area contributed by atoms with Crippen LogP contribution in [-0.4, -0.2) is 50.6 Å². The summed E-state index contributed by atoms with van der Waals surface area (Å²) in [5.74, 6) is -2.88. The van der Waals surface area contributed by atoms with Gasteiger partial charge >= 0.3 is 11.9 Å². The molecular weight excluding hydrogens is 392 g/mol. The smallest absolute Gasteiger partial charge is 0.334 e. The number of methoxy groups -OCH3 is 4. The fourth-order valence-electron chi connectivity index (χ4n) is 3.73. The van der Waals surface area contributed by atoms with Gasteiger partial charge in [0.1, 0.15) is 0 Å². The molecular formula is C22H22O8. The van der Waals surface area contributed by atoms with E-state index in [-0.39, 0.29) is 28.6 Å². The first-order valence-electron chi connectivity index (χ1n) is 9.01. The average Bonchev–Trinajstić information content (AvgIpc) is 2.76. The van der Waals surface area contributed by atoms with Gasteiger partial charge in [0.2, 0.25) is 0 Å². The summed E-state index contributed by atoms with van der Waals surface area (Å²) in [5.41, 5.74) is 1.81. The van der Waals surface area contributed by atoms with E-state index >= 15 is 0 Å². The fourth-order valence-corrected chi connectivity index (χ4v) is 3.73. The number of hydrogen-bond donors (Lipinski definition) is 2. The van der Waals surface area contributed by atoms with Crippen molar-refractivity contribution in [1.29, 1.82) is 0 Å². The highest BCUT2D eigenvalue weighted by atomic mass is 16.5. The largest absolute Gasteiger partial charge is 0.504 e. The first kappa shape index (κ1) is 21.0. The van der Waals surface area contributed by atoms with Gasteiger partial charge in [-0.1, -0.05) is 6.07 Å². The molecule has 8 heteroatoms. The third kappa shape index (κ3) is 3.52. The number of rotatable bonds is 5. The SMILES string of the molecule is COC(=O)C1=Cc2cc(OC)c(O)cc2C(c2ccc(O)c(OC)c2)C1C(=O)OC. The Morgan fingerprint density at radius 1 is 0.867 bits per heavy atom. The Balaban J connectivity index is 2.33. The highest BCUT2D eigenvalue weighted by Gasteiger charge is 2.42. The normalized spacial score (nSPS) is 17.4. The van der Waals surface area contributed by atoms with Gasteiger partial charge in [-0.15, -0.1) is 0 Å². The van der Waals surface area contributed by atoms with E-state index in [1.54, 1.807) is 18.2 Å². The van der Waals surface area contributed by atoms with Crippen LogP contribution in [0.5, 0.6) is 23.0 Å². The van der Waals surface area contributed by atoms with Crippen molar-refractivity contribution in [2.24, 2.45) is 5.92 Å². The van der Waals surface area contributed by atoms with E-state index in [0.717, 1.165) is 0 Å². The molecule has 8 nitrogen and oxygen atoms in total. The highest BCUT2D eigenvalue weighted by molar-refractivity contribution is 6.02. The Hall–Kier alpha value is -3.68. The van der Waals surface area contributed by atoms with Crippen molar-refractivity contribution >= 4 is 18.0 Å². The number of fused-ring (bicyclic) bond motifs is 1. The van der Waals surface area contributed by atoms with Crippen LogP contribution in [0.3, 0.4) is 0 Å². The summed E-state index contributed by atoms with van der Waals surface area (Å²) < 4.78 is 20.3. The van der Waals surface area contributed by atoms with Gasteiger partial charge in [-0.25, -0.2) is 4.79 Å². The molecule has 0 spiro atoms. The van der Waals surface area contributed by atoms with Gasteiger partial charge in [0.25, 0.3) is 0 Å². The van der Waals surface area contributed by atoms with Crippen molar-refractivity contribution in [3.05, 3.63) is 52.6 Å². The monoisotopic (exact) mass is 414 g/mol. The number of esters is 2. The lowest BCUT2D eigenvalue weighted by Crippen LogP contribution is -2.32. The van der Waals surface area contributed by atoms with Gasteiger partial charge in [-0.05, 0) is 47.0 Å². The molecule has 30 heavy (non-hydrogen) atoms. The molecule has 0 aliphatic heterocycles. The van der Waals surface area contributed by atoms with Crippen LogP contribution in [0.2, 0.25) is 0 Å². The zero-order chi connectivity index (χ0) is 22.0. The molecule has 158 valence electrons. The summed E-state index contributed by atoms with van der Waals surface area (Å²) >= 11 is 0. The Kier molecular flexibility index (Phi) is 5.86. The molecule has 0 saturated carbocycles. The molecule has 0 fully saturated rings. The second-order valence-corrected chi connectivity index (χ2v) is 6.65. The number of carbonyl (C=O) groups excluding carboxylic acids is 2. The van der Waals surface area contributed by atoms with Crippen LogP contribution in [0.25, 0.3) is 6.08 Å². The Morgan fingerprint density at radius 2 is 1.53 bits per heavy atom. The second kappa shape index (κ2) is 8.36. The van der Waals surface area contributed by atoms with Gasteiger partial charge in [0, 0.05) is 5.92 Å². The summed E-state index contributed by atoms with van der Waals surface area (Å²) in [4.78, 5) is 25.3. The van der Waals surface area contributed by atoms with Gasteiger partial charge in [0.05, 0.1) is 39.9 Å². The molecule has 0 bridgehead atoms. The molecule has 0 aromatic heterocycles. The van der Waals surface area contributed by atoms with Crippen LogP contribution in [0, 0.1) is 5.92 Å². The minimum Gasteiger partial charge on any atom is -0.504 e. The standard InChI is InChI=1S/C22H22O8/c1-27-17-8-11(5-6-15(17)23)19-13-10-16(24)18(28-2)9-12(13)7-14(21(25)29-3)20(19)22(26)30-4/h5-10,19-20,23-24H,1-4H3. The summed E-state index contributed by atoms with van der Waals surface area (Å²) in [7, 11) is 5.27. The number of phenols is 2. The van der Waals surface area contributed by atoms with E-state index in [0.29, 0.717) is 16.7 Å². The maximum Gasteiger partial charge on any atom is 0.334 e. The van der Waals surface area contributed by atoms with Crippen LogP contribution in [0.1, 0.15) is 22.6 Å². The predicted molar refractivity (Wildman–Crippen MR) is 107 cm³/mol. The first-order chi connectivity index (χ1) is 14.4. The minimum atomic E-state index is -1.04. The van der Waals surface area contributed by atoms with E-state index in [1.165, 1.54) is 46.6 Å². The number of ether oxygens (including phenoxy) is 4. The summed E-state index contributed by atoms with van der Waals surface area (Å²) in [6.07, 6.45) is 1.53. The number of hydrogen-bond acceptors (Lipinski definition) is 8. The van der Waals surface area contributed by atoms with E-state index in [4.69, 9.17) is 18.9 Å². The third-order valence-electron chi connectivity index (χ3n) is 5.14. The quantitative estimate of drug-likeness (QED) is 0.718. The Morgan fingerprint density at radius 3 is 2.13 bits per heavy atom. The lowest BCUT2D eigenvalue weighted by atomic mass is 9.71. The molecule has 0 heterocycles. The number of benzene rings is 2. The Labute approximate surface area is 173 Å². The van der Waals surface area contributed by atoms with Gasteiger partial charge < -0.3 is 29.2 Å². The summed E-state index contributed by atoms with van der Waals surface area (Å²) in [6, 6.07) is 7.68. The molecule has 1 aliphatic carbocycles. The second-order valence-electron chi connectivity index (χ2n) is 6.65. The first-order valence-corrected chi connectivity index (χ1v) is 9.01. The fraction of sp³-hybridized carbons (Fsp3) is 0.273. The van der Waals surface area contributed by atoms with E-state index in [2.05, 4.69) is 0 Å². The van der Waals surface area contributed by atoms with Crippen LogP contribution < -0.4 is 9.47 Å². The molecule has 0 amide bonds. The van der Waals surface area contributed by atoms with Crippen molar-refractivity contribution in [3.63, 3.8) is 0 Å². The topological polar surface area (TPSA) is 112 Å². The van der Waals surface area contributed by atoms with Crippen LogP contribution in [-0.2, 0) is 19.1 Å². The number of carbonyl (C=O) groups is 2. The zero-order valence-electron chi connectivity index (χ0n) is 17.0. The van der Waals surface area contributed by atoms with Gasteiger partial charge in [-0.3, -0.25) is 4.79 Å². The van der Waals surface area contributed by atoms with Gasteiger partial charge in [-0.2, -0.15) is 0 Å². The van der Waals surface area contributed by atoms with E-state index in [1.807, 2.05) is 0 Å². The van der Waals surface area contributed by atoms with Crippen molar-refractivity contribution < 1.29 is 38.7 Å². The molecule has 3 rings (SSSR count). The third-order valence-corrected chi connectivity index (χ3v) is 5.14. The zero-order valence-corrected chi connectivity index (χ0v) is 17.0. The van der Waals surface area contributed by atoms with Crippen LogP contribution in [0.4, 0.5) is 0 Å². The van der Waals surface area contributed by atoms with Crippen molar-refractivity contribution in [2.75, 3.05) is 28.4 Å². The molecule has 2 atom stereocenters. The molecule has 2 unspecified atom stereocenters. The number of aromatic hydroxyl groups is 2. The van der Waals surface area contributed by atoms with E-state index < -0.39 is 23.8 Å². The number of phenolic OH excluding ortho intramolecular Hbond substituents is 2. The predicted octanol–water partition coefficient (Wildman–Crippen LogP) is 2.61. The summed E-state index contributed by atoms with van der Waals surface area (Å²) in [6.45, 7) is 0. The van der Waals surface area contributed by atoms with Crippen LogP contribution >= 0.6 is 0 Å². The van der Waals surface area contributed by atoms with Crippen molar-refractivity contribution in [3.8, 4) is 23.0 Å². The van der Waals surface area contributed by atoms with Crippen LogP contribution in [0.15, 0.2) is 35.9 Å². The molecule has 0 saturated heterocycles. The molecule has 2 N–H and O–H groups in total. The molecule has 2 aromatic rings. The lowest BCUT2D eigenvalue weighted by Gasteiger charge is -2.32. The van der Waals surface area contributed by atoms with Crippen molar-refractivity contribution in [2.45, 2.75) is 5.92 Å². The Bertz CT molecular complexity index is 1020. The van der Waals surface area contributed by atoms with Gasteiger partial charge in [0.15, 0.2) is 23.0 Å².